The highest BCUT2D eigenvalue weighted by Crippen LogP contribution is 2.27. The molecule has 3 nitrogen and oxygen atoms in total. The van der Waals surface area contributed by atoms with Crippen LogP contribution in [0, 0.1) is 5.82 Å². The summed E-state index contributed by atoms with van der Waals surface area (Å²) >= 11 is 0. The summed E-state index contributed by atoms with van der Waals surface area (Å²) in [6.45, 7) is 0.286. The fraction of sp³-hybridized carbons (Fsp3) is 0.143. The molecule has 0 aromatic heterocycles. The second-order valence-corrected chi connectivity index (χ2v) is 7.78. The SMILES string of the molecule is O=S(=O)(NCCC(c1ccccc1)c1ccccc1)c1ccc(F)cc1. The van der Waals surface area contributed by atoms with E-state index in [1.54, 1.807) is 0 Å². The van der Waals surface area contributed by atoms with Crippen LogP contribution >= 0.6 is 0 Å². The van der Waals surface area contributed by atoms with E-state index >= 15 is 0 Å². The van der Waals surface area contributed by atoms with Crippen LogP contribution in [0.5, 0.6) is 0 Å². The second-order valence-electron chi connectivity index (χ2n) is 6.01. The van der Waals surface area contributed by atoms with Crippen LogP contribution in [-0.4, -0.2) is 15.0 Å². The van der Waals surface area contributed by atoms with Gasteiger partial charge in [-0.25, -0.2) is 17.5 Å². The van der Waals surface area contributed by atoms with Crippen LogP contribution in [0.2, 0.25) is 0 Å². The Hall–Kier alpha value is -2.50. The third kappa shape index (κ3) is 4.56. The molecular weight excluding hydrogens is 349 g/mol. The lowest BCUT2D eigenvalue weighted by molar-refractivity contribution is 0.574. The maximum absolute atomic E-state index is 13.0. The lowest BCUT2D eigenvalue weighted by Crippen LogP contribution is -2.26. The molecule has 5 heteroatoms. The van der Waals surface area contributed by atoms with Gasteiger partial charge in [0.2, 0.25) is 10.0 Å². The molecule has 0 unspecified atom stereocenters. The van der Waals surface area contributed by atoms with Gasteiger partial charge in [-0.15, -0.1) is 0 Å². The zero-order chi connectivity index (χ0) is 18.4. The first-order chi connectivity index (χ1) is 12.6. The zero-order valence-electron chi connectivity index (χ0n) is 14.2. The quantitative estimate of drug-likeness (QED) is 0.674. The molecule has 0 amide bonds. The summed E-state index contributed by atoms with van der Waals surface area (Å²) in [6.07, 6.45) is 0.619. The molecule has 1 N–H and O–H groups in total. The molecule has 0 atom stereocenters. The predicted octanol–water partition coefficient (Wildman–Crippen LogP) is 4.33. The molecule has 0 fully saturated rings. The van der Waals surface area contributed by atoms with E-state index in [0.717, 1.165) is 23.3 Å². The Labute approximate surface area is 153 Å². The monoisotopic (exact) mass is 369 g/mol. The van der Waals surface area contributed by atoms with Gasteiger partial charge >= 0.3 is 0 Å². The van der Waals surface area contributed by atoms with Crippen LogP contribution in [0.1, 0.15) is 23.5 Å². The van der Waals surface area contributed by atoms with Crippen molar-refractivity contribution >= 4 is 10.0 Å². The van der Waals surface area contributed by atoms with Crippen LogP contribution in [0.4, 0.5) is 4.39 Å². The number of hydrogen-bond donors (Lipinski definition) is 1. The van der Waals surface area contributed by atoms with E-state index in [1.165, 1.54) is 12.1 Å². The molecular formula is C21H20FNO2S. The molecule has 0 aliphatic carbocycles. The van der Waals surface area contributed by atoms with Gasteiger partial charge in [-0.1, -0.05) is 60.7 Å². The average molecular weight is 369 g/mol. The Morgan fingerprint density at radius 3 is 1.77 bits per heavy atom. The van der Waals surface area contributed by atoms with Gasteiger partial charge in [-0.3, -0.25) is 0 Å². The molecule has 3 aromatic rings. The van der Waals surface area contributed by atoms with Crippen molar-refractivity contribution in [2.75, 3.05) is 6.54 Å². The lowest BCUT2D eigenvalue weighted by Gasteiger charge is -2.18. The van der Waals surface area contributed by atoms with Crippen molar-refractivity contribution in [1.82, 2.24) is 4.72 Å². The molecule has 3 aromatic carbocycles. The number of nitrogens with one attached hydrogen (secondary N) is 1. The minimum atomic E-state index is -3.65. The van der Waals surface area contributed by atoms with Crippen molar-refractivity contribution in [2.24, 2.45) is 0 Å². The predicted molar refractivity (Wildman–Crippen MR) is 101 cm³/mol. The van der Waals surface area contributed by atoms with E-state index in [1.807, 2.05) is 60.7 Å². The second kappa shape index (κ2) is 8.25. The van der Waals surface area contributed by atoms with Crippen molar-refractivity contribution in [1.29, 1.82) is 0 Å². The summed E-state index contributed by atoms with van der Waals surface area (Å²) in [5.74, 6) is -0.370. The fourth-order valence-electron chi connectivity index (χ4n) is 2.93. The number of halogens is 1. The molecule has 0 aliphatic heterocycles. The minimum absolute atomic E-state index is 0.0647. The Morgan fingerprint density at radius 2 is 1.27 bits per heavy atom. The van der Waals surface area contributed by atoms with Crippen LogP contribution in [0.25, 0.3) is 0 Å². The highest BCUT2D eigenvalue weighted by molar-refractivity contribution is 7.89. The molecule has 0 spiro atoms. The smallest absolute Gasteiger partial charge is 0.211 e. The number of rotatable bonds is 7. The first kappa shape index (κ1) is 18.3. The van der Waals surface area contributed by atoms with Gasteiger partial charge in [0.15, 0.2) is 0 Å². The Balaban J connectivity index is 1.73. The van der Waals surface area contributed by atoms with Crippen molar-refractivity contribution in [3.63, 3.8) is 0 Å². The largest absolute Gasteiger partial charge is 0.240 e. The standard InChI is InChI=1S/C21H20FNO2S/c22-19-11-13-20(14-12-19)26(24,25)23-16-15-21(17-7-3-1-4-8-17)18-9-5-2-6-10-18/h1-14,21,23H,15-16H2. The van der Waals surface area contributed by atoms with Gasteiger partial charge in [0.1, 0.15) is 5.82 Å². The lowest BCUT2D eigenvalue weighted by atomic mass is 9.89. The van der Waals surface area contributed by atoms with Crippen molar-refractivity contribution in [3.8, 4) is 0 Å². The van der Waals surface area contributed by atoms with E-state index in [4.69, 9.17) is 0 Å². The van der Waals surface area contributed by atoms with Gasteiger partial charge in [0.25, 0.3) is 0 Å². The molecule has 0 aliphatic rings. The molecule has 134 valence electrons. The molecule has 26 heavy (non-hydrogen) atoms. The van der Waals surface area contributed by atoms with Gasteiger partial charge < -0.3 is 0 Å². The maximum atomic E-state index is 13.0. The normalized spacial score (nSPS) is 11.6. The summed E-state index contributed by atoms with van der Waals surface area (Å²) < 4.78 is 40.3. The molecule has 0 saturated carbocycles. The third-order valence-electron chi connectivity index (χ3n) is 4.25. The van der Waals surface area contributed by atoms with Gasteiger partial charge in [0.05, 0.1) is 4.90 Å². The summed E-state index contributed by atoms with van der Waals surface area (Å²) in [7, 11) is -3.65. The number of hydrogen-bond acceptors (Lipinski definition) is 2. The van der Waals surface area contributed by atoms with Crippen molar-refractivity contribution < 1.29 is 12.8 Å². The average Bonchev–Trinajstić information content (AvgIpc) is 2.67. The molecule has 0 bridgehead atoms. The van der Waals surface area contributed by atoms with Gasteiger partial charge in [-0.2, -0.15) is 0 Å². The van der Waals surface area contributed by atoms with Gasteiger partial charge in [0, 0.05) is 12.5 Å². The Kier molecular flexibility index (Phi) is 5.81. The molecule has 3 rings (SSSR count). The first-order valence-electron chi connectivity index (χ1n) is 8.41. The van der Waals surface area contributed by atoms with Crippen molar-refractivity contribution in [2.45, 2.75) is 17.2 Å². The van der Waals surface area contributed by atoms with E-state index in [0.29, 0.717) is 6.42 Å². The topological polar surface area (TPSA) is 46.2 Å². The zero-order valence-corrected chi connectivity index (χ0v) is 15.0. The molecule has 0 heterocycles. The Morgan fingerprint density at radius 1 is 0.769 bits per heavy atom. The van der Waals surface area contributed by atoms with Crippen LogP contribution in [0.3, 0.4) is 0 Å². The summed E-state index contributed by atoms with van der Waals surface area (Å²) in [6, 6.07) is 24.9. The number of benzene rings is 3. The van der Waals surface area contributed by atoms with Crippen molar-refractivity contribution in [3.05, 3.63) is 102 Å². The highest BCUT2D eigenvalue weighted by Gasteiger charge is 2.17. The summed E-state index contributed by atoms with van der Waals surface area (Å²) in [5, 5.41) is 0. The van der Waals surface area contributed by atoms with E-state index in [9.17, 15) is 12.8 Å². The molecule has 0 radical (unpaired) electrons. The minimum Gasteiger partial charge on any atom is -0.211 e. The summed E-state index contributed by atoms with van der Waals surface area (Å²) in [5.41, 5.74) is 2.28. The number of sulfonamides is 1. The fourth-order valence-corrected chi connectivity index (χ4v) is 3.98. The molecule has 0 saturated heterocycles. The summed E-state index contributed by atoms with van der Waals surface area (Å²) in [4.78, 5) is 0.0647. The Bertz CT molecular complexity index is 887. The van der Waals surface area contributed by atoms with E-state index in [-0.39, 0.29) is 17.4 Å². The van der Waals surface area contributed by atoms with E-state index < -0.39 is 15.8 Å². The van der Waals surface area contributed by atoms with Crippen LogP contribution in [0.15, 0.2) is 89.8 Å². The van der Waals surface area contributed by atoms with Crippen LogP contribution in [-0.2, 0) is 10.0 Å². The maximum Gasteiger partial charge on any atom is 0.240 e. The van der Waals surface area contributed by atoms with E-state index in [2.05, 4.69) is 4.72 Å². The third-order valence-corrected chi connectivity index (χ3v) is 5.73. The van der Waals surface area contributed by atoms with Crippen LogP contribution < -0.4 is 4.72 Å². The van der Waals surface area contributed by atoms with Gasteiger partial charge in [-0.05, 0) is 41.8 Å². The first-order valence-corrected chi connectivity index (χ1v) is 9.90. The highest BCUT2D eigenvalue weighted by atomic mass is 32.2.